The molecule has 1 fully saturated rings. The maximum atomic E-state index is 12.6. The van der Waals surface area contributed by atoms with Crippen molar-refractivity contribution in [1.82, 2.24) is 9.80 Å². The van der Waals surface area contributed by atoms with E-state index in [4.69, 9.17) is 23.2 Å². The molecule has 1 saturated heterocycles. The number of rotatable bonds is 3. The second kappa shape index (κ2) is 8.02. The molecule has 1 aromatic carbocycles. The molecule has 0 atom stereocenters. The highest BCUT2D eigenvalue weighted by Gasteiger charge is 2.23. The summed E-state index contributed by atoms with van der Waals surface area (Å²) in [5, 5.41) is 0.811. The molecule has 23 heavy (non-hydrogen) atoms. The molecule has 1 aliphatic heterocycles. The van der Waals surface area contributed by atoms with E-state index in [1.165, 1.54) is 0 Å². The van der Waals surface area contributed by atoms with E-state index in [0.717, 1.165) is 6.42 Å². The van der Waals surface area contributed by atoms with Crippen LogP contribution in [0.2, 0.25) is 10.0 Å². The first-order valence-electron chi connectivity index (χ1n) is 7.90. The Hall–Kier alpha value is -1.26. The van der Waals surface area contributed by atoms with Gasteiger partial charge in [0, 0.05) is 38.2 Å². The number of carbonyl (C=O) groups excluding carboxylic acids is 2. The molecule has 1 aliphatic rings. The molecule has 0 radical (unpaired) electrons. The molecule has 6 heteroatoms. The zero-order valence-corrected chi connectivity index (χ0v) is 15.0. The zero-order chi connectivity index (χ0) is 17.0. The quantitative estimate of drug-likeness (QED) is 0.827. The van der Waals surface area contributed by atoms with Gasteiger partial charge in [-0.15, -0.1) is 0 Å². The van der Waals surface area contributed by atoms with Crippen molar-refractivity contribution in [3.63, 3.8) is 0 Å². The number of hydrogen-bond donors (Lipinski definition) is 0. The average Bonchev–Trinajstić information content (AvgIpc) is 2.74. The summed E-state index contributed by atoms with van der Waals surface area (Å²) in [5.41, 5.74) is 0.529. The Morgan fingerprint density at radius 1 is 1.04 bits per heavy atom. The number of hydrogen-bond acceptors (Lipinski definition) is 2. The Balaban J connectivity index is 2.00. The molecule has 0 unspecified atom stereocenters. The summed E-state index contributed by atoms with van der Waals surface area (Å²) in [6, 6.07) is 4.91. The van der Waals surface area contributed by atoms with Crippen molar-refractivity contribution in [3.05, 3.63) is 33.8 Å². The van der Waals surface area contributed by atoms with Crippen LogP contribution in [0.3, 0.4) is 0 Å². The zero-order valence-electron chi connectivity index (χ0n) is 13.5. The molecule has 2 amide bonds. The van der Waals surface area contributed by atoms with Crippen molar-refractivity contribution >= 4 is 35.0 Å². The van der Waals surface area contributed by atoms with Crippen molar-refractivity contribution in [3.8, 4) is 0 Å². The maximum absolute atomic E-state index is 12.6. The lowest BCUT2D eigenvalue weighted by Crippen LogP contribution is -2.37. The van der Waals surface area contributed by atoms with Crippen molar-refractivity contribution in [2.75, 3.05) is 26.2 Å². The van der Waals surface area contributed by atoms with Gasteiger partial charge in [0.05, 0.1) is 10.0 Å². The van der Waals surface area contributed by atoms with Gasteiger partial charge in [0.25, 0.3) is 5.91 Å². The summed E-state index contributed by atoms with van der Waals surface area (Å²) >= 11 is 11.9. The molecule has 0 saturated carbocycles. The minimum Gasteiger partial charge on any atom is -0.341 e. The van der Waals surface area contributed by atoms with Crippen LogP contribution in [-0.4, -0.2) is 47.8 Å². The molecule has 0 N–H and O–H groups in total. The fraction of sp³-hybridized carbons (Fsp3) is 0.529. The van der Waals surface area contributed by atoms with Crippen LogP contribution in [-0.2, 0) is 4.79 Å². The van der Waals surface area contributed by atoms with Gasteiger partial charge in [0.2, 0.25) is 5.91 Å². The van der Waals surface area contributed by atoms with Gasteiger partial charge in [0.15, 0.2) is 0 Å². The molecule has 0 bridgehead atoms. The van der Waals surface area contributed by atoms with Gasteiger partial charge >= 0.3 is 0 Å². The van der Waals surface area contributed by atoms with Gasteiger partial charge in [-0.2, -0.15) is 0 Å². The average molecular weight is 357 g/mol. The van der Waals surface area contributed by atoms with E-state index in [1.807, 2.05) is 18.7 Å². The Morgan fingerprint density at radius 3 is 2.35 bits per heavy atom. The monoisotopic (exact) mass is 356 g/mol. The lowest BCUT2D eigenvalue weighted by Gasteiger charge is -2.23. The first-order valence-corrected chi connectivity index (χ1v) is 8.66. The molecule has 4 nitrogen and oxygen atoms in total. The second-order valence-corrected chi connectivity index (χ2v) is 7.07. The Kier molecular flexibility index (Phi) is 6.31. The predicted molar refractivity (Wildman–Crippen MR) is 93.0 cm³/mol. The van der Waals surface area contributed by atoms with Crippen LogP contribution in [0.15, 0.2) is 18.2 Å². The fourth-order valence-corrected chi connectivity index (χ4v) is 2.96. The summed E-state index contributed by atoms with van der Waals surface area (Å²) in [6.07, 6.45) is 1.34. The largest absolute Gasteiger partial charge is 0.341 e. The molecule has 0 aliphatic carbocycles. The third-order valence-electron chi connectivity index (χ3n) is 3.89. The van der Waals surface area contributed by atoms with Crippen LogP contribution in [0.25, 0.3) is 0 Å². The van der Waals surface area contributed by atoms with Crippen molar-refractivity contribution in [2.45, 2.75) is 26.7 Å². The lowest BCUT2D eigenvalue weighted by molar-refractivity contribution is -0.131. The van der Waals surface area contributed by atoms with Crippen LogP contribution in [0.5, 0.6) is 0 Å². The summed E-state index contributed by atoms with van der Waals surface area (Å²) in [6.45, 7) is 6.55. The maximum Gasteiger partial charge on any atom is 0.253 e. The van der Waals surface area contributed by atoms with Crippen LogP contribution >= 0.6 is 23.2 Å². The number of halogens is 2. The predicted octanol–water partition coefficient (Wildman–Crippen LogP) is 3.71. The minimum atomic E-state index is -0.0678. The SMILES string of the molecule is CC(C)CC(=O)N1CCCN(C(=O)c2ccc(Cl)c(Cl)c2)CC1. The Labute approximate surface area is 147 Å². The molecule has 126 valence electrons. The van der Waals surface area contributed by atoms with Gasteiger partial charge in [-0.1, -0.05) is 37.0 Å². The van der Waals surface area contributed by atoms with Gasteiger partial charge < -0.3 is 9.80 Å². The number of carbonyl (C=O) groups is 2. The van der Waals surface area contributed by atoms with Gasteiger partial charge in [0.1, 0.15) is 0 Å². The standard InChI is InChI=1S/C17H22Cl2N2O2/c1-12(2)10-16(22)20-6-3-7-21(9-8-20)17(23)13-4-5-14(18)15(19)11-13/h4-5,11-12H,3,6-10H2,1-2H3. The highest BCUT2D eigenvalue weighted by atomic mass is 35.5. The van der Waals surface area contributed by atoms with Crippen molar-refractivity contribution in [2.24, 2.45) is 5.92 Å². The van der Waals surface area contributed by atoms with Crippen LogP contribution < -0.4 is 0 Å². The van der Waals surface area contributed by atoms with E-state index in [-0.39, 0.29) is 11.8 Å². The van der Waals surface area contributed by atoms with Crippen molar-refractivity contribution < 1.29 is 9.59 Å². The summed E-state index contributed by atoms with van der Waals surface area (Å²) in [5.74, 6) is 0.449. The molecule has 1 aromatic rings. The third-order valence-corrected chi connectivity index (χ3v) is 4.62. The first kappa shape index (κ1) is 18.1. The second-order valence-electron chi connectivity index (χ2n) is 6.25. The van der Waals surface area contributed by atoms with E-state index in [2.05, 4.69) is 0 Å². The molecular formula is C17H22Cl2N2O2. The molecule has 1 heterocycles. The highest BCUT2D eigenvalue weighted by molar-refractivity contribution is 6.42. The normalized spacial score (nSPS) is 15.7. The molecular weight excluding hydrogens is 335 g/mol. The van der Waals surface area contributed by atoms with Gasteiger partial charge in [-0.3, -0.25) is 9.59 Å². The number of amides is 2. The van der Waals surface area contributed by atoms with E-state index in [0.29, 0.717) is 54.1 Å². The van der Waals surface area contributed by atoms with E-state index in [9.17, 15) is 9.59 Å². The molecule has 0 aromatic heterocycles. The topological polar surface area (TPSA) is 40.6 Å². The fourth-order valence-electron chi connectivity index (χ4n) is 2.66. The van der Waals surface area contributed by atoms with Crippen LogP contribution in [0.4, 0.5) is 0 Å². The third kappa shape index (κ3) is 4.85. The van der Waals surface area contributed by atoms with E-state index < -0.39 is 0 Å². The van der Waals surface area contributed by atoms with E-state index >= 15 is 0 Å². The highest BCUT2D eigenvalue weighted by Crippen LogP contribution is 2.23. The Morgan fingerprint density at radius 2 is 1.70 bits per heavy atom. The molecule has 0 spiro atoms. The van der Waals surface area contributed by atoms with Crippen molar-refractivity contribution in [1.29, 1.82) is 0 Å². The number of benzene rings is 1. The summed E-state index contributed by atoms with van der Waals surface area (Å²) < 4.78 is 0. The smallest absolute Gasteiger partial charge is 0.253 e. The summed E-state index contributed by atoms with van der Waals surface area (Å²) in [4.78, 5) is 28.4. The first-order chi connectivity index (χ1) is 10.9. The lowest BCUT2D eigenvalue weighted by atomic mass is 10.1. The minimum absolute atomic E-state index is 0.0678. The number of nitrogens with zero attached hydrogens (tertiary/aromatic N) is 2. The van der Waals surface area contributed by atoms with E-state index in [1.54, 1.807) is 23.1 Å². The van der Waals surface area contributed by atoms with Crippen LogP contribution in [0.1, 0.15) is 37.0 Å². The van der Waals surface area contributed by atoms with Gasteiger partial charge in [-0.05, 0) is 30.5 Å². The van der Waals surface area contributed by atoms with Gasteiger partial charge in [-0.25, -0.2) is 0 Å². The van der Waals surface area contributed by atoms with Crippen LogP contribution in [0, 0.1) is 5.92 Å². The molecule has 2 rings (SSSR count). The summed E-state index contributed by atoms with van der Waals surface area (Å²) in [7, 11) is 0. The Bertz CT molecular complexity index is 590.